The molecule has 1 saturated carbocycles. The van der Waals surface area contributed by atoms with Gasteiger partial charge in [0.15, 0.2) is 11.5 Å². The molecule has 0 bridgehead atoms. The zero-order valence-electron chi connectivity index (χ0n) is 11.7. The molecule has 116 valence electrons. The van der Waals surface area contributed by atoms with Gasteiger partial charge in [-0.15, -0.1) is 10.2 Å². The molecule has 2 N–H and O–H groups in total. The van der Waals surface area contributed by atoms with Crippen LogP contribution in [-0.2, 0) is 0 Å². The van der Waals surface area contributed by atoms with Gasteiger partial charge in [-0.25, -0.2) is 0 Å². The Morgan fingerprint density at radius 1 is 1.14 bits per heavy atom. The Kier molecular flexibility index (Phi) is 4.04. The minimum absolute atomic E-state index is 0.0165. The highest BCUT2D eigenvalue weighted by Gasteiger charge is 2.23. The number of anilines is 1. The van der Waals surface area contributed by atoms with Gasteiger partial charge >= 0.3 is 6.61 Å². The van der Waals surface area contributed by atoms with Gasteiger partial charge in [0, 0.05) is 5.56 Å². The maximum Gasteiger partial charge on any atom is 0.387 e. The fourth-order valence-electron chi connectivity index (χ4n) is 1.96. The van der Waals surface area contributed by atoms with E-state index >= 15 is 0 Å². The van der Waals surface area contributed by atoms with E-state index in [1.54, 1.807) is 24.3 Å². The highest BCUT2D eigenvalue weighted by Crippen LogP contribution is 2.36. The Balaban J connectivity index is 1.87. The Morgan fingerprint density at radius 2 is 1.95 bits per heavy atom. The first kappa shape index (κ1) is 14.5. The molecule has 5 nitrogen and oxygen atoms in total. The molecule has 0 radical (unpaired) electrons. The Bertz CT molecular complexity index is 646. The maximum absolute atomic E-state index is 12.5. The van der Waals surface area contributed by atoms with Gasteiger partial charge in [-0.1, -0.05) is 0 Å². The second kappa shape index (κ2) is 6.13. The summed E-state index contributed by atoms with van der Waals surface area (Å²) >= 11 is 0. The number of benzene rings is 1. The molecular weight excluding hydrogens is 292 g/mol. The van der Waals surface area contributed by atoms with Crippen LogP contribution < -0.4 is 15.2 Å². The summed E-state index contributed by atoms with van der Waals surface area (Å²) in [5, 5.41) is 7.74. The van der Waals surface area contributed by atoms with E-state index in [0.29, 0.717) is 29.6 Å². The van der Waals surface area contributed by atoms with Crippen LogP contribution >= 0.6 is 0 Å². The van der Waals surface area contributed by atoms with Gasteiger partial charge in [-0.2, -0.15) is 8.78 Å². The molecule has 0 unspecified atom stereocenters. The number of hydrogen-bond donors (Lipinski definition) is 1. The van der Waals surface area contributed by atoms with Crippen molar-refractivity contribution < 1.29 is 18.3 Å². The Hall–Kier alpha value is -2.44. The molecule has 1 fully saturated rings. The number of aromatic nitrogens is 2. The fourth-order valence-corrected chi connectivity index (χ4v) is 1.96. The predicted octanol–water partition coefficient (Wildman–Crippen LogP) is 3.12. The normalized spacial score (nSPS) is 14.1. The number of rotatable bonds is 6. The van der Waals surface area contributed by atoms with E-state index in [0.717, 1.165) is 12.8 Å². The van der Waals surface area contributed by atoms with Gasteiger partial charge in [0.1, 0.15) is 5.82 Å². The standard InChI is InChI=1S/C15H15F2N3O2/c16-15(17)22-12-5-3-10(11-4-6-14(18)20-19-11)7-13(12)21-8-9-1-2-9/h3-7,9,15H,1-2,8H2,(H2,18,20). The van der Waals surface area contributed by atoms with Crippen molar-refractivity contribution in [3.8, 4) is 22.8 Å². The molecule has 1 aromatic heterocycles. The van der Waals surface area contributed by atoms with E-state index in [1.165, 1.54) is 6.07 Å². The third kappa shape index (κ3) is 3.60. The second-order valence-corrected chi connectivity index (χ2v) is 5.14. The average molecular weight is 307 g/mol. The van der Waals surface area contributed by atoms with Crippen molar-refractivity contribution >= 4 is 5.82 Å². The molecule has 1 aromatic carbocycles. The van der Waals surface area contributed by atoms with Gasteiger partial charge in [0.25, 0.3) is 0 Å². The van der Waals surface area contributed by atoms with Crippen LogP contribution in [-0.4, -0.2) is 23.4 Å². The summed E-state index contributed by atoms with van der Waals surface area (Å²) < 4.78 is 35.0. The number of nitrogens with two attached hydrogens (primary N) is 1. The SMILES string of the molecule is Nc1ccc(-c2ccc(OC(F)F)c(OCC3CC3)c2)nn1. The first-order valence-corrected chi connectivity index (χ1v) is 6.93. The second-order valence-electron chi connectivity index (χ2n) is 5.14. The first-order chi connectivity index (χ1) is 10.6. The van der Waals surface area contributed by atoms with E-state index in [1.807, 2.05) is 0 Å². The number of nitrogens with zero attached hydrogens (tertiary/aromatic N) is 2. The third-order valence-corrected chi connectivity index (χ3v) is 3.31. The Morgan fingerprint density at radius 3 is 2.59 bits per heavy atom. The summed E-state index contributed by atoms with van der Waals surface area (Å²) in [5.41, 5.74) is 6.77. The molecule has 0 aliphatic heterocycles. The van der Waals surface area contributed by atoms with Gasteiger partial charge < -0.3 is 15.2 Å². The lowest BCUT2D eigenvalue weighted by molar-refractivity contribution is -0.0515. The summed E-state index contributed by atoms with van der Waals surface area (Å²) in [6.45, 7) is -2.40. The van der Waals surface area contributed by atoms with Crippen molar-refractivity contribution in [1.29, 1.82) is 0 Å². The lowest BCUT2D eigenvalue weighted by Gasteiger charge is -2.13. The van der Waals surface area contributed by atoms with Crippen molar-refractivity contribution in [2.24, 2.45) is 5.92 Å². The van der Waals surface area contributed by atoms with Crippen molar-refractivity contribution in [2.75, 3.05) is 12.3 Å². The van der Waals surface area contributed by atoms with Crippen LogP contribution in [0.5, 0.6) is 11.5 Å². The van der Waals surface area contributed by atoms with E-state index < -0.39 is 6.61 Å². The molecule has 1 heterocycles. The Labute approximate surface area is 126 Å². The van der Waals surface area contributed by atoms with Crippen molar-refractivity contribution in [3.05, 3.63) is 30.3 Å². The molecule has 3 rings (SSSR count). The molecule has 7 heteroatoms. The highest BCUT2D eigenvalue weighted by atomic mass is 19.3. The average Bonchev–Trinajstić information content (AvgIpc) is 3.31. The number of alkyl halides is 2. The van der Waals surface area contributed by atoms with Crippen LogP contribution in [0, 0.1) is 5.92 Å². The van der Waals surface area contributed by atoms with Gasteiger partial charge in [0.2, 0.25) is 0 Å². The molecule has 1 aliphatic carbocycles. The monoisotopic (exact) mass is 307 g/mol. The largest absolute Gasteiger partial charge is 0.489 e. The zero-order valence-corrected chi connectivity index (χ0v) is 11.7. The van der Waals surface area contributed by atoms with Crippen molar-refractivity contribution in [3.63, 3.8) is 0 Å². The summed E-state index contributed by atoms with van der Waals surface area (Å²) in [4.78, 5) is 0. The van der Waals surface area contributed by atoms with Crippen LogP contribution in [0.25, 0.3) is 11.3 Å². The molecule has 0 spiro atoms. The zero-order chi connectivity index (χ0) is 15.5. The quantitative estimate of drug-likeness (QED) is 0.888. The lowest BCUT2D eigenvalue weighted by Crippen LogP contribution is -2.06. The van der Waals surface area contributed by atoms with Crippen LogP contribution in [0.15, 0.2) is 30.3 Å². The molecular formula is C15H15F2N3O2. The molecule has 2 aromatic rings. The smallest absolute Gasteiger partial charge is 0.387 e. The molecule has 0 atom stereocenters. The van der Waals surface area contributed by atoms with Gasteiger partial charge in [-0.3, -0.25) is 0 Å². The van der Waals surface area contributed by atoms with Crippen LogP contribution in [0.2, 0.25) is 0 Å². The maximum atomic E-state index is 12.5. The summed E-state index contributed by atoms with van der Waals surface area (Å²) in [6.07, 6.45) is 2.21. The third-order valence-electron chi connectivity index (χ3n) is 3.31. The number of ether oxygens (including phenoxy) is 2. The van der Waals surface area contributed by atoms with Crippen LogP contribution in [0.4, 0.5) is 14.6 Å². The van der Waals surface area contributed by atoms with E-state index in [4.69, 9.17) is 10.5 Å². The molecule has 0 amide bonds. The lowest BCUT2D eigenvalue weighted by atomic mass is 10.1. The predicted molar refractivity (Wildman–Crippen MR) is 76.7 cm³/mol. The van der Waals surface area contributed by atoms with Crippen LogP contribution in [0.1, 0.15) is 12.8 Å². The topological polar surface area (TPSA) is 70.3 Å². The van der Waals surface area contributed by atoms with Crippen molar-refractivity contribution in [2.45, 2.75) is 19.5 Å². The van der Waals surface area contributed by atoms with Gasteiger partial charge in [0.05, 0.1) is 12.3 Å². The molecule has 1 aliphatic rings. The van der Waals surface area contributed by atoms with E-state index in [2.05, 4.69) is 14.9 Å². The summed E-state index contributed by atoms with van der Waals surface area (Å²) in [5.74, 6) is 1.11. The van der Waals surface area contributed by atoms with E-state index in [9.17, 15) is 8.78 Å². The minimum atomic E-state index is -2.90. The summed E-state index contributed by atoms with van der Waals surface area (Å²) in [6, 6.07) is 8.02. The fraction of sp³-hybridized carbons (Fsp3) is 0.333. The first-order valence-electron chi connectivity index (χ1n) is 6.93. The van der Waals surface area contributed by atoms with Crippen LogP contribution in [0.3, 0.4) is 0 Å². The van der Waals surface area contributed by atoms with E-state index in [-0.39, 0.29) is 11.5 Å². The summed E-state index contributed by atoms with van der Waals surface area (Å²) in [7, 11) is 0. The van der Waals surface area contributed by atoms with Gasteiger partial charge in [-0.05, 0) is 49.1 Å². The number of hydrogen-bond acceptors (Lipinski definition) is 5. The molecule has 0 saturated heterocycles. The number of nitrogen functional groups attached to an aromatic ring is 1. The van der Waals surface area contributed by atoms with Crippen molar-refractivity contribution in [1.82, 2.24) is 10.2 Å². The molecule has 22 heavy (non-hydrogen) atoms. The minimum Gasteiger partial charge on any atom is -0.489 e. The number of halogens is 2. The highest BCUT2D eigenvalue weighted by molar-refractivity contribution is 5.64.